The first-order valence-electron chi connectivity index (χ1n) is 8.33. The van der Waals surface area contributed by atoms with Gasteiger partial charge in [0.25, 0.3) is 0 Å². The molecule has 3 aliphatic rings. The maximum Gasteiger partial charge on any atom is 0.311 e. The van der Waals surface area contributed by atoms with Crippen LogP contribution in [0.15, 0.2) is 18.2 Å². The van der Waals surface area contributed by atoms with Crippen LogP contribution in [0.4, 0.5) is 0 Å². The van der Waals surface area contributed by atoms with E-state index in [0.29, 0.717) is 30.4 Å². The van der Waals surface area contributed by atoms with Gasteiger partial charge in [-0.3, -0.25) is 4.79 Å². The zero-order valence-corrected chi connectivity index (χ0v) is 14.5. The van der Waals surface area contributed by atoms with Gasteiger partial charge in [-0.2, -0.15) is 0 Å². The minimum absolute atomic E-state index is 0. The number of piperidine rings is 1. The van der Waals surface area contributed by atoms with Crippen LogP contribution in [-0.2, 0) is 4.79 Å². The predicted molar refractivity (Wildman–Crippen MR) is 90.6 cm³/mol. The van der Waals surface area contributed by atoms with Gasteiger partial charge in [0, 0.05) is 17.6 Å². The number of carbonyl (C=O) groups excluding carboxylic acids is 1. The highest BCUT2D eigenvalue weighted by atomic mass is 35.5. The molecule has 0 aliphatic carbocycles. The summed E-state index contributed by atoms with van der Waals surface area (Å²) >= 11 is 0. The molecule has 0 saturated carbocycles. The SMILES string of the molecule is CC1CC(=O)Oc2ccc(OC3CC4CCC(C3)N4C)cc21.Cl. The summed E-state index contributed by atoms with van der Waals surface area (Å²) in [7, 11) is 2.24. The van der Waals surface area contributed by atoms with Crippen molar-refractivity contribution in [3.8, 4) is 11.5 Å². The van der Waals surface area contributed by atoms with E-state index < -0.39 is 0 Å². The van der Waals surface area contributed by atoms with E-state index >= 15 is 0 Å². The Hall–Kier alpha value is -1.26. The van der Waals surface area contributed by atoms with E-state index in [4.69, 9.17) is 9.47 Å². The van der Waals surface area contributed by atoms with Gasteiger partial charge in [0.1, 0.15) is 17.6 Å². The van der Waals surface area contributed by atoms with Crippen molar-refractivity contribution < 1.29 is 14.3 Å². The lowest BCUT2D eigenvalue weighted by Crippen LogP contribution is -2.43. The molecular weight excluding hydrogens is 314 g/mol. The van der Waals surface area contributed by atoms with Crippen molar-refractivity contribution in [3.63, 3.8) is 0 Å². The lowest BCUT2D eigenvalue weighted by atomic mass is 9.94. The van der Waals surface area contributed by atoms with Crippen molar-refractivity contribution in [2.45, 2.75) is 63.1 Å². The fraction of sp³-hybridized carbons (Fsp3) is 0.611. The molecule has 4 nitrogen and oxygen atoms in total. The number of ether oxygens (including phenoxy) is 2. The van der Waals surface area contributed by atoms with Crippen LogP contribution < -0.4 is 9.47 Å². The van der Waals surface area contributed by atoms with E-state index in [1.54, 1.807) is 0 Å². The molecule has 0 spiro atoms. The first-order chi connectivity index (χ1) is 10.6. The van der Waals surface area contributed by atoms with Crippen LogP contribution >= 0.6 is 12.4 Å². The highest BCUT2D eigenvalue weighted by Crippen LogP contribution is 2.39. The third kappa shape index (κ3) is 3.07. The molecule has 0 amide bonds. The molecule has 2 bridgehead atoms. The Morgan fingerprint density at radius 2 is 1.91 bits per heavy atom. The summed E-state index contributed by atoms with van der Waals surface area (Å²) in [6.07, 6.45) is 5.61. The molecule has 1 aromatic rings. The molecule has 3 atom stereocenters. The second kappa shape index (κ2) is 6.33. The molecule has 5 heteroatoms. The fourth-order valence-electron chi connectivity index (χ4n) is 4.25. The Kier molecular flexibility index (Phi) is 4.56. The van der Waals surface area contributed by atoms with E-state index in [9.17, 15) is 4.79 Å². The van der Waals surface area contributed by atoms with Crippen molar-refractivity contribution in [3.05, 3.63) is 23.8 Å². The van der Waals surface area contributed by atoms with Crippen LogP contribution in [0.25, 0.3) is 0 Å². The fourth-order valence-corrected chi connectivity index (χ4v) is 4.25. The maximum atomic E-state index is 11.5. The van der Waals surface area contributed by atoms with Gasteiger partial charge in [-0.25, -0.2) is 0 Å². The molecule has 23 heavy (non-hydrogen) atoms. The van der Waals surface area contributed by atoms with Crippen molar-refractivity contribution in [2.24, 2.45) is 0 Å². The highest BCUT2D eigenvalue weighted by Gasteiger charge is 2.39. The van der Waals surface area contributed by atoms with Crippen molar-refractivity contribution in [1.82, 2.24) is 4.90 Å². The van der Waals surface area contributed by atoms with Gasteiger partial charge in [0.15, 0.2) is 0 Å². The van der Waals surface area contributed by atoms with Crippen molar-refractivity contribution in [2.75, 3.05) is 7.05 Å². The van der Waals surface area contributed by atoms with Crippen LogP contribution in [0.5, 0.6) is 11.5 Å². The van der Waals surface area contributed by atoms with E-state index in [2.05, 4.69) is 24.9 Å². The third-order valence-corrected chi connectivity index (χ3v) is 5.57. The molecule has 2 fully saturated rings. The predicted octanol–water partition coefficient (Wildman–Crippen LogP) is 3.53. The second-order valence-corrected chi connectivity index (χ2v) is 7.04. The van der Waals surface area contributed by atoms with Gasteiger partial charge < -0.3 is 14.4 Å². The molecule has 0 N–H and O–H groups in total. The Labute approximate surface area is 143 Å². The largest absolute Gasteiger partial charge is 0.490 e. The second-order valence-electron chi connectivity index (χ2n) is 7.04. The van der Waals surface area contributed by atoms with Crippen molar-refractivity contribution >= 4 is 18.4 Å². The monoisotopic (exact) mass is 337 g/mol. The zero-order valence-electron chi connectivity index (χ0n) is 13.7. The van der Waals surface area contributed by atoms with Crippen LogP contribution in [0, 0.1) is 0 Å². The summed E-state index contributed by atoms with van der Waals surface area (Å²) in [5.41, 5.74) is 1.09. The molecule has 1 aromatic carbocycles. The molecule has 2 saturated heterocycles. The lowest BCUT2D eigenvalue weighted by Gasteiger charge is -2.36. The van der Waals surface area contributed by atoms with Gasteiger partial charge in [-0.15, -0.1) is 12.4 Å². The van der Waals surface area contributed by atoms with Gasteiger partial charge in [-0.05, 0) is 56.8 Å². The Morgan fingerprint density at radius 3 is 2.61 bits per heavy atom. The molecule has 126 valence electrons. The molecule has 4 rings (SSSR count). The van der Waals surface area contributed by atoms with Crippen LogP contribution in [0.1, 0.15) is 50.5 Å². The van der Waals surface area contributed by atoms with Crippen molar-refractivity contribution in [1.29, 1.82) is 0 Å². The summed E-state index contributed by atoms with van der Waals surface area (Å²) in [5, 5.41) is 0. The molecule has 3 heterocycles. The number of esters is 1. The van der Waals surface area contributed by atoms with Crippen LogP contribution in [0.2, 0.25) is 0 Å². The zero-order chi connectivity index (χ0) is 15.3. The quantitative estimate of drug-likeness (QED) is 0.611. The summed E-state index contributed by atoms with van der Waals surface area (Å²) in [5.74, 6) is 1.67. The molecule has 3 aliphatic heterocycles. The molecule has 0 aromatic heterocycles. The average molecular weight is 338 g/mol. The first kappa shape index (κ1) is 16.6. The normalized spacial score (nSPS) is 32.7. The highest BCUT2D eigenvalue weighted by molar-refractivity contribution is 5.85. The van der Waals surface area contributed by atoms with E-state index in [1.165, 1.54) is 12.8 Å². The lowest BCUT2D eigenvalue weighted by molar-refractivity contribution is -0.135. The van der Waals surface area contributed by atoms with E-state index in [0.717, 1.165) is 24.2 Å². The summed E-state index contributed by atoms with van der Waals surface area (Å²) in [6, 6.07) is 7.24. The van der Waals surface area contributed by atoms with Crippen LogP contribution in [-0.4, -0.2) is 36.1 Å². The Bertz CT molecular complexity index is 592. The first-order valence-corrected chi connectivity index (χ1v) is 8.33. The van der Waals surface area contributed by atoms with Gasteiger partial charge >= 0.3 is 5.97 Å². The van der Waals surface area contributed by atoms with E-state index in [1.807, 2.05) is 12.1 Å². The molecular formula is C18H24ClNO3. The Morgan fingerprint density at radius 1 is 1.22 bits per heavy atom. The minimum Gasteiger partial charge on any atom is -0.490 e. The standard InChI is InChI=1S/C18H23NO3.ClH/c1-11-7-18(20)22-17-6-5-14(10-16(11)17)21-15-8-12-3-4-13(9-15)19(12)2;/h5-6,10-13,15H,3-4,7-9H2,1-2H3;1H. The van der Waals surface area contributed by atoms with Gasteiger partial charge in [0.2, 0.25) is 0 Å². The smallest absolute Gasteiger partial charge is 0.311 e. The van der Waals surface area contributed by atoms with E-state index in [-0.39, 0.29) is 24.3 Å². The third-order valence-electron chi connectivity index (χ3n) is 5.57. The number of hydrogen-bond donors (Lipinski definition) is 0. The Balaban J connectivity index is 0.00000156. The number of carbonyl (C=O) groups is 1. The maximum absolute atomic E-state index is 11.5. The number of nitrogens with zero attached hydrogens (tertiary/aromatic N) is 1. The topological polar surface area (TPSA) is 38.8 Å². The van der Waals surface area contributed by atoms with Gasteiger partial charge in [-0.1, -0.05) is 6.92 Å². The number of hydrogen-bond acceptors (Lipinski definition) is 4. The molecule has 3 unspecified atom stereocenters. The number of halogens is 1. The summed E-state index contributed by atoms with van der Waals surface area (Å²) in [6.45, 7) is 2.07. The minimum atomic E-state index is -0.138. The number of benzene rings is 1. The number of rotatable bonds is 2. The van der Waals surface area contributed by atoms with Gasteiger partial charge in [0.05, 0.1) is 6.42 Å². The number of fused-ring (bicyclic) bond motifs is 3. The molecule has 0 radical (unpaired) electrons. The van der Waals surface area contributed by atoms with Crippen LogP contribution in [0.3, 0.4) is 0 Å². The average Bonchev–Trinajstić information content (AvgIpc) is 2.71. The summed E-state index contributed by atoms with van der Waals surface area (Å²) in [4.78, 5) is 14.0. The summed E-state index contributed by atoms with van der Waals surface area (Å²) < 4.78 is 11.6.